The second-order valence-electron chi connectivity index (χ2n) is 4.90. The van der Waals surface area contributed by atoms with Crippen LogP contribution in [0, 0.1) is 5.92 Å². The Kier molecular flexibility index (Phi) is 6.36. The fourth-order valence-electron chi connectivity index (χ4n) is 1.73. The van der Waals surface area contributed by atoms with E-state index in [1.807, 2.05) is 24.3 Å². The summed E-state index contributed by atoms with van der Waals surface area (Å²) in [5, 5.41) is 2.88. The van der Waals surface area contributed by atoms with Crippen LogP contribution in [0.15, 0.2) is 28.7 Å². The lowest BCUT2D eigenvalue weighted by atomic mass is 10.0. The molecule has 0 aliphatic carbocycles. The highest BCUT2D eigenvalue weighted by molar-refractivity contribution is 9.10. The lowest BCUT2D eigenvalue weighted by molar-refractivity contribution is -0.122. The molecule has 18 heavy (non-hydrogen) atoms. The van der Waals surface area contributed by atoms with Gasteiger partial charge in [0.2, 0.25) is 5.91 Å². The van der Waals surface area contributed by atoms with Gasteiger partial charge in [0.05, 0.1) is 6.04 Å². The van der Waals surface area contributed by atoms with Crippen molar-refractivity contribution >= 4 is 21.8 Å². The van der Waals surface area contributed by atoms with Crippen LogP contribution in [0.25, 0.3) is 0 Å². The molecule has 0 aliphatic heterocycles. The zero-order chi connectivity index (χ0) is 13.5. The van der Waals surface area contributed by atoms with Gasteiger partial charge in [-0.2, -0.15) is 0 Å². The minimum atomic E-state index is -0.394. The van der Waals surface area contributed by atoms with Crippen molar-refractivity contribution in [1.82, 2.24) is 5.32 Å². The Balaban J connectivity index is 2.29. The van der Waals surface area contributed by atoms with Crippen molar-refractivity contribution in [2.45, 2.75) is 32.7 Å². The van der Waals surface area contributed by atoms with E-state index in [0.717, 1.165) is 17.3 Å². The molecule has 4 heteroatoms. The molecular weight excluding hydrogens is 292 g/mol. The second kappa shape index (κ2) is 7.54. The van der Waals surface area contributed by atoms with E-state index in [1.54, 1.807) is 0 Å². The van der Waals surface area contributed by atoms with Gasteiger partial charge in [-0.15, -0.1) is 0 Å². The van der Waals surface area contributed by atoms with Crippen molar-refractivity contribution in [3.8, 4) is 0 Å². The summed E-state index contributed by atoms with van der Waals surface area (Å²) in [5.74, 6) is 0.387. The summed E-state index contributed by atoms with van der Waals surface area (Å²) in [7, 11) is 0. The van der Waals surface area contributed by atoms with Crippen LogP contribution in [0.3, 0.4) is 0 Å². The van der Waals surface area contributed by atoms with Crippen molar-refractivity contribution in [3.63, 3.8) is 0 Å². The lowest BCUT2D eigenvalue weighted by Crippen LogP contribution is -2.42. The summed E-state index contributed by atoms with van der Waals surface area (Å²) < 4.78 is 1.06. The molecule has 0 unspecified atom stereocenters. The lowest BCUT2D eigenvalue weighted by Gasteiger charge is -2.14. The first-order valence-corrected chi connectivity index (χ1v) is 7.06. The first-order chi connectivity index (χ1) is 8.49. The van der Waals surface area contributed by atoms with Crippen LogP contribution in [-0.2, 0) is 11.2 Å². The molecule has 1 atom stereocenters. The van der Waals surface area contributed by atoms with Crippen molar-refractivity contribution < 1.29 is 4.79 Å². The molecule has 1 rings (SSSR count). The van der Waals surface area contributed by atoms with E-state index in [0.29, 0.717) is 12.5 Å². The third-order valence-corrected chi connectivity index (χ3v) is 3.22. The molecule has 1 aromatic carbocycles. The number of nitrogens with two attached hydrogens (primary N) is 1. The van der Waals surface area contributed by atoms with Crippen molar-refractivity contribution in [2.24, 2.45) is 11.7 Å². The van der Waals surface area contributed by atoms with Gasteiger partial charge in [-0.1, -0.05) is 41.9 Å². The van der Waals surface area contributed by atoms with E-state index in [9.17, 15) is 4.79 Å². The zero-order valence-electron chi connectivity index (χ0n) is 10.9. The summed E-state index contributed by atoms with van der Waals surface area (Å²) in [6.07, 6.45) is 1.55. The molecule has 0 radical (unpaired) electrons. The summed E-state index contributed by atoms with van der Waals surface area (Å²) in [6.45, 7) is 4.76. The topological polar surface area (TPSA) is 55.1 Å². The summed E-state index contributed by atoms with van der Waals surface area (Å²) in [4.78, 5) is 11.7. The molecule has 1 amide bonds. The number of halogens is 1. The predicted molar refractivity (Wildman–Crippen MR) is 78.3 cm³/mol. The number of amides is 1. The zero-order valence-corrected chi connectivity index (χ0v) is 12.5. The third-order valence-electron chi connectivity index (χ3n) is 2.69. The van der Waals surface area contributed by atoms with Crippen molar-refractivity contribution in [1.29, 1.82) is 0 Å². The molecule has 3 nitrogen and oxygen atoms in total. The number of rotatable bonds is 6. The van der Waals surface area contributed by atoms with Crippen LogP contribution in [0.1, 0.15) is 25.8 Å². The van der Waals surface area contributed by atoms with Crippen LogP contribution < -0.4 is 11.1 Å². The van der Waals surface area contributed by atoms with Gasteiger partial charge in [0.15, 0.2) is 0 Å². The molecule has 0 aliphatic rings. The average molecular weight is 313 g/mol. The maximum atomic E-state index is 11.7. The Labute approximate surface area is 117 Å². The number of hydrogen-bond acceptors (Lipinski definition) is 2. The number of hydrogen-bond donors (Lipinski definition) is 2. The number of nitrogens with one attached hydrogen (secondary N) is 1. The van der Waals surface area contributed by atoms with E-state index >= 15 is 0 Å². The Morgan fingerprint density at radius 1 is 1.33 bits per heavy atom. The Bertz CT molecular complexity index is 376. The highest BCUT2D eigenvalue weighted by atomic mass is 79.9. The summed E-state index contributed by atoms with van der Waals surface area (Å²) in [5.41, 5.74) is 7.00. The summed E-state index contributed by atoms with van der Waals surface area (Å²) in [6, 6.07) is 7.70. The molecule has 0 aromatic heterocycles. The van der Waals surface area contributed by atoms with E-state index in [-0.39, 0.29) is 5.91 Å². The van der Waals surface area contributed by atoms with Crippen LogP contribution >= 0.6 is 15.9 Å². The molecule has 0 fully saturated rings. The van der Waals surface area contributed by atoms with Gasteiger partial charge in [0, 0.05) is 11.0 Å². The monoisotopic (exact) mass is 312 g/mol. The molecule has 3 N–H and O–H groups in total. The molecule has 100 valence electrons. The largest absolute Gasteiger partial charge is 0.354 e. The van der Waals surface area contributed by atoms with Crippen LogP contribution in [0.4, 0.5) is 0 Å². The summed E-state index contributed by atoms with van der Waals surface area (Å²) >= 11 is 3.39. The van der Waals surface area contributed by atoms with E-state index in [4.69, 9.17) is 5.73 Å². The standard InChI is InChI=1S/C14H21BrN2O/c1-10(2)9-13(16)14(18)17-8-7-11-3-5-12(15)6-4-11/h3-6,10,13H,7-9,16H2,1-2H3,(H,17,18)/t13-/m0/s1. The molecule has 1 aromatic rings. The highest BCUT2D eigenvalue weighted by Crippen LogP contribution is 2.10. The van der Waals surface area contributed by atoms with Crippen LogP contribution in [0.2, 0.25) is 0 Å². The highest BCUT2D eigenvalue weighted by Gasteiger charge is 2.13. The Morgan fingerprint density at radius 2 is 1.94 bits per heavy atom. The maximum Gasteiger partial charge on any atom is 0.236 e. The van der Waals surface area contributed by atoms with Gasteiger partial charge >= 0.3 is 0 Å². The first-order valence-electron chi connectivity index (χ1n) is 6.26. The van der Waals surface area contributed by atoms with E-state index < -0.39 is 6.04 Å². The molecule has 0 spiro atoms. The Hall–Kier alpha value is -0.870. The van der Waals surface area contributed by atoms with Gasteiger partial charge in [0.1, 0.15) is 0 Å². The molecule has 0 saturated carbocycles. The predicted octanol–water partition coefficient (Wildman–Crippen LogP) is 2.48. The number of benzene rings is 1. The molecule has 0 saturated heterocycles. The fraction of sp³-hybridized carbons (Fsp3) is 0.500. The van der Waals surface area contributed by atoms with Crippen LogP contribution in [-0.4, -0.2) is 18.5 Å². The quantitative estimate of drug-likeness (QED) is 0.848. The van der Waals surface area contributed by atoms with Crippen molar-refractivity contribution in [3.05, 3.63) is 34.3 Å². The molecule has 0 bridgehead atoms. The van der Waals surface area contributed by atoms with Gasteiger partial charge in [0.25, 0.3) is 0 Å². The minimum absolute atomic E-state index is 0.0548. The van der Waals surface area contributed by atoms with Gasteiger partial charge < -0.3 is 11.1 Å². The average Bonchev–Trinajstić information content (AvgIpc) is 2.30. The SMILES string of the molecule is CC(C)C[C@H](N)C(=O)NCCc1ccc(Br)cc1. The Morgan fingerprint density at radius 3 is 2.50 bits per heavy atom. The smallest absolute Gasteiger partial charge is 0.236 e. The van der Waals surface area contributed by atoms with Gasteiger partial charge in [-0.05, 0) is 36.5 Å². The molecular formula is C14H21BrN2O. The molecule has 0 heterocycles. The van der Waals surface area contributed by atoms with Crippen molar-refractivity contribution in [2.75, 3.05) is 6.54 Å². The first kappa shape index (κ1) is 15.2. The second-order valence-corrected chi connectivity index (χ2v) is 5.82. The fourth-order valence-corrected chi connectivity index (χ4v) is 1.99. The normalized spacial score (nSPS) is 12.5. The minimum Gasteiger partial charge on any atom is -0.354 e. The van der Waals surface area contributed by atoms with E-state index in [1.165, 1.54) is 5.56 Å². The van der Waals surface area contributed by atoms with Crippen LogP contribution in [0.5, 0.6) is 0 Å². The maximum absolute atomic E-state index is 11.7. The number of carbonyl (C=O) groups excluding carboxylic acids is 1. The third kappa shape index (κ3) is 5.65. The van der Waals surface area contributed by atoms with Gasteiger partial charge in [-0.3, -0.25) is 4.79 Å². The number of carbonyl (C=O) groups is 1. The van der Waals surface area contributed by atoms with E-state index in [2.05, 4.69) is 35.1 Å². The van der Waals surface area contributed by atoms with Gasteiger partial charge in [-0.25, -0.2) is 0 Å².